The van der Waals surface area contributed by atoms with E-state index in [4.69, 9.17) is 5.11 Å². The van der Waals surface area contributed by atoms with Gasteiger partial charge in [-0.05, 0) is 27.7 Å². The molecular weight excluding hydrogens is 293 g/mol. The Labute approximate surface area is 111 Å². The minimum Gasteiger partial charge on any atom is -0.479 e. The lowest BCUT2D eigenvalue weighted by Gasteiger charge is -2.35. The van der Waals surface area contributed by atoms with Gasteiger partial charge in [0.2, 0.25) is 5.54 Å². The molecule has 20 heavy (non-hydrogen) atoms. The van der Waals surface area contributed by atoms with E-state index in [0.29, 0.717) is 0 Å². The third kappa shape index (κ3) is 3.70. The van der Waals surface area contributed by atoms with Crippen LogP contribution in [-0.4, -0.2) is 40.4 Å². The normalized spacial score (nSPS) is 16.2. The molecule has 0 heterocycles. The Morgan fingerprint density at radius 1 is 1.00 bits per heavy atom. The van der Waals surface area contributed by atoms with Gasteiger partial charge in [0.1, 0.15) is 5.60 Å². The largest absolute Gasteiger partial charge is 0.479 e. The minimum absolute atomic E-state index is 0.0484. The first-order valence-corrected chi connectivity index (χ1v) is 5.24. The lowest BCUT2D eigenvalue weighted by Crippen LogP contribution is -2.68. The molecule has 0 saturated heterocycles. The second kappa shape index (κ2) is 5.06. The molecule has 0 saturated carbocycles. The molecule has 0 spiro atoms. The Morgan fingerprint density at radius 2 is 1.40 bits per heavy atom. The number of alkyl carbamates (subject to hydrolysis) is 1. The molecule has 118 valence electrons. The van der Waals surface area contributed by atoms with E-state index < -0.39 is 35.3 Å². The van der Waals surface area contributed by atoms with E-state index in [1.165, 1.54) is 20.8 Å². The first kappa shape index (κ1) is 18.4. The number of nitrogens with one attached hydrogen (secondary N) is 1. The number of amides is 1. The van der Waals surface area contributed by atoms with E-state index in [0.717, 1.165) is 5.32 Å². The number of carbonyl (C=O) groups excluding carboxylic acids is 1. The van der Waals surface area contributed by atoms with Crippen LogP contribution in [0.4, 0.5) is 26.7 Å². The molecule has 1 unspecified atom stereocenters. The van der Waals surface area contributed by atoms with Crippen molar-refractivity contribution in [2.75, 3.05) is 0 Å². The van der Waals surface area contributed by atoms with Crippen LogP contribution in [0.25, 0.3) is 0 Å². The number of alkyl halides is 5. The number of carboxylic acids is 1. The van der Waals surface area contributed by atoms with E-state index in [2.05, 4.69) is 4.74 Å². The van der Waals surface area contributed by atoms with Crippen molar-refractivity contribution in [3.8, 4) is 0 Å². The summed E-state index contributed by atoms with van der Waals surface area (Å²) >= 11 is 0. The molecule has 0 aromatic rings. The molecule has 5 nitrogen and oxygen atoms in total. The van der Waals surface area contributed by atoms with Gasteiger partial charge in [-0.2, -0.15) is 22.0 Å². The number of aliphatic carboxylic acids is 1. The fourth-order valence-electron chi connectivity index (χ4n) is 1.06. The van der Waals surface area contributed by atoms with Crippen LogP contribution in [-0.2, 0) is 9.53 Å². The summed E-state index contributed by atoms with van der Waals surface area (Å²) in [6.45, 7) is 4.03. The number of hydrogen-bond donors (Lipinski definition) is 2. The van der Waals surface area contributed by atoms with Gasteiger partial charge in [0.25, 0.3) is 0 Å². The number of carbonyl (C=O) groups is 2. The van der Waals surface area contributed by atoms with Crippen LogP contribution in [0.1, 0.15) is 27.7 Å². The highest BCUT2D eigenvalue weighted by Crippen LogP contribution is 2.43. The molecule has 2 N–H and O–H groups in total. The van der Waals surface area contributed by atoms with Crippen LogP contribution >= 0.6 is 0 Å². The molecule has 0 fully saturated rings. The molecule has 0 aliphatic carbocycles. The maximum Gasteiger partial charge on any atom is 0.456 e. The summed E-state index contributed by atoms with van der Waals surface area (Å²) in [6.07, 6.45) is -7.86. The minimum atomic E-state index is -6.16. The summed E-state index contributed by atoms with van der Waals surface area (Å²) in [5.74, 6) is -8.24. The first-order chi connectivity index (χ1) is 8.54. The number of ether oxygens (including phenoxy) is 1. The van der Waals surface area contributed by atoms with Crippen molar-refractivity contribution >= 4 is 12.1 Å². The average molecular weight is 307 g/mol. The van der Waals surface area contributed by atoms with Crippen molar-refractivity contribution in [3.63, 3.8) is 0 Å². The van der Waals surface area contributed by atoms with Gasteiger partial charge >= 0.3 is 24.2 Å². The van der Waals surface area contributed by atoms with Crippen molar-refractivity contribution in [2.45, 2.75) is 50.9 Å². The van der Waals surface area contributed by atoms with E-state index in [1.807, 2.05) is 0 Å². The van der Waals surface area contributed by atoms with Crippen LogP contribution in [0.2, 0.25) is 0 Å². The molecule has 1 amide bonds. The van der Waals surface area contributed by atoms with Gasteiger partial charge in [-0.25, -0.2) is 9.59 Å². The van der Waals surface area contributed by atoms with Crippen molar-refractivity contribution in [2.24, 2.45) is 0 Å². The summed E-state index contributed by atoms with van der Waals surface area (Å²) in [6, 6.07) is 0. The SMILES string of the molecule is CC(C)(C)OC(=O)NC(C)(C(=O)O)C(F)(F)C(F)(F)F. The third-order valence-corrected chi connectivity index (χ3v) is 2.16. The van der Waals surface area contributed by atoms with Gasteiger partial charge in [-0.1, -0.05) is 0 Å². The lowest BCUT2D eigenvalue weighted by molar-refractivity contribution is -0.306. The Balaban J connectivity index is 5.46. The van der Waals surface area contributed by atoms with Gasteiger partial charge in [-0.3, -0.25) is 5.32 Å². The zero-order valence-corrected chi connectivity index (χ0v) is 11.1. The van der Waals surface area contributed by atoms with E-state index >= 15 is 0 Å². The quantitative estimate of drug-likeness (QED) is 0.786. The van der Waals surface area contributed by atoms with Crippen molar-refractivity contribution in [1.82, 2.24) is 5.32 Å². The second-order valence-corrected chi connectivity index (χ2v) is 5.13. The van der Waals surface area contributed by atoms with Gasteiger partial charge in [0, 0.05) is 0 Å². The fraction of sp³-hybridized carbons (Fsp3) is 0.800. The maximum absolute atomic E-state index is 13.2. The molecule has 0 aliphatic rings. The van der Waals surface area contributed by atoms with Crippen LogP contribution in [0, 0.1) is 0 Å². The number of halogens is 5. The number of carboxylic acid groups (broad SMARTS) is 1. The first-order valence-electron chi connectivity index (χ1n) is 5.24. The van der Waals surface area contributed by atoms with Crippen LogP contribution in [0.3, 0.4) is 0 Å². The summed E-state index contributed by atoms with van der Waals surface area (Å²) in [5.41, 5.74) is -5.09. The molecule has 0 aromatic carbocycles. The van der Waals surface area contributed by atoms with Gasteiger partial charge < -0.3 is 9.84 Å². The Hall–Kier alpha value is -1.61. The summed E-state index contributed by atoms with van der Waals surface area (Å²) < 4.78 is 67.8. The van der Waals surface area contributed by atoms with Crippen molar-refractivity contribution < 1.29 is 41.4 Å². The maximum atomic E-state index is 13.2. The second-order valence-electron chi connectivity index (χ2n) is 5.13. The lowest BCUT2D eigenvalue weighted by atomic mass is 9.93. The van der Waals surface area contributed by atoms with Crippen LogP contribution in [0.15, 0.2) is 0 Å². The van der Waals surface area contributed by atoms with Crippen molar-refractivity contribution in [3.05, 3.63) is 0 Å². The van der Waals surface area contributed by atoms with Gasteiger partial charge in [0.15, 0.2) is 0 Å². The van der Waals surface area contributed by atoms with Crippen molar-refractivity contribution in [1.29, 1.82) is 0 Å². The van der Waals surface area contributed by atoms with E-state index in [9.17, 15) is 31.5 Å². The number of hydrogen-bond acceptors (Lipinski definition) is 3. The molecule has 0 aromatic heterocycles. The third-order valence-electron chi connectivity index (χ3n) is 2.16. The highest BCUT2D eigenvalue weighted by molar-refractivity contribution is 5.85. The topological polar surface area (TPSA) is 75.6 Å². The highest BCUT2D eigenvalue weighted by Gasteiger charge is 2.72. The predicted molar refractivity (Wildman–Crippen MR) is 56.4 cm³/mol. The molecule has 10 heteroatoms. The molecule has 0 aliphatic heterocycles. The monoisotopic (exact) mass is 307 g/mol. The van der Waals surface area contributed by atoms with Crippen LogP contribution in [0.5, 0.6) is 0 Å². The molecule has 0 radical (unpaired) electrons. The number of rotatable bonds is 3. The van der Waals surface area contributed by atoms with Crippen LogP contribution < -0.4 is 5.32 Å². The molecular formula is C10H14F5NO4. The average Bonchev–Trinajstić information content (AvgIpc) is 2.11. The standard InChI is InChI=1S/C10H14F5NO4/c1-7(2,3)20-6(19)16-8(4,5(17)18)9(11,12)10(13,14)15/h1-4H3,(H,16,19)(H,17,18). The van der Waals surface area contributed by atoms with E-state index in [-0.39, 0.29) is 6.92 Å². The Morgan fingerprint density at radius 3 is 1.65 bits per heavy atom. The highest BCUT2D eigenvalue weighted by atomic mass is 19.4. The fourth-order valence-corrected chi connectivity index (χ4v) is 1.06. The van der Waals surface area contributed by atoms with E-state index in [1.54, 1.807) is 0 Å². The van der Waals surface area contributed by atoms with Gasteiger partial charge in [-0.15, -0.1) is 0 Å². The summed E-state index contributed by atoms with van der Waals surface area (Å²) in [4.78, 5) is 22.0. The Bertz CT molecular complexity index is 401. The summed E-state index contributed by atoms with van der Waals surface area (Å²) in [5, 5.41) is 9.69. The Kier molecular flexibility index (Phi) is 4.65. The van der Waals surface area contributed by atoms with Gasteiger partial charge in [0.05, 0.1) is 0 Å². The smallest absolute Gasteiger partial charge is 0.456 e. The zero-order valence-electron chi connectivity index (χ0n) is 11.1. The molecule has 0 bridgehead atoms. The molecule has 1 atom stereocenters. The molecule has 0 rings (SSSR count). The summed E-state index contributed by atoms with van der Waals surface area (Å²) in [7, 11) is 0. The zero-order chi connectivity index (χ0) is 16.6. The predicted octanol–water partition coefficient (Wildman–Crippen LogP) is 2.55.